The van der Waals surface area contributed by atoms with Crippen molar-refractivity contribution in [3.63, 3.8) is 0 Å². The van der Waals surface area contributed by atoms with Gasteiger partial charge in [-0.25, -0.2) is 4.98 Å². The molecule has 1 aliphatic carbocycles. The van der Waals surface area contributed by atoms with Crippen molar-refractivity contribution >= 4 is 28.3 Å². The van der Waals surface area contributed by atoms with Crippen LogP contribution in [0.4, 0.5) is 5.13 Å². The van der Waals surface area contributed by atoms with Gasteiger partial charge >= 0.3 is 0 Å². The molecule has 2 aliphatic rings. The predicted molar refractivity (Wildman–Crippen MR) is 91.5 cm³/mol. The fraction of sp³-hybridized carbons (Fsp3) is 0.706. The van der Waals surface area contributed by atoms with Gasteiger partial charge in [-0.2, -0.15) is 0 Å². The molecule has 23 heavy (non-hydrogen) atoms. The first kappa shape index (κ1) is 16.4. The first-order chi connectivity index (χ1) is 11.0. The molecule has 1 atom stereocenters. The van der Waals surface area contributed by atoms with E-state index in [1.54, 1.807) is 11.3 Å². The number of thiazole rings is 1. The molecule has 0 unspecified atom stereocenters. The minimum Gasteiger partial charge on any atom is -0.342 e. The number of aromatic nitrogens is 1. The summed E-state index contributed by atoms with van der Waals surface area (Å²) in [6, 6.07) is 0. The number of amides is 2. The molecule has 1 saturated heterocycles. The topological polar surface area (TPSA) is 62.3 Å². The third-order valence-electron chi connectivity index (χ3n) is 4.50. The molecule has 5 nitrogen and oxygen atoms in total. The van der Waals surface area contributed by atoms with Crippen molar-refractivity contribution in [2.24, 2.45) is 11.8 Å². The first-order valence-corrected chi connectivity index (χ1v) is 9.42. The van der Waals surface area contributed by atoms with E-state index in [1.165, 1.54) is 24.1 Å². The van der Waals surface area contributed by atoms with Gasteiger partial charge in [0.05, 0.1) is 11.6 Å². The number of nitrogens with one attached hydrogen (secondary N) is 1. The average molecular weight is 335 g/mol. The minimum atomic E-state index is -0.245. The summed E-state index contributed by atoms with van der Waals surface area (Å²) >= 11 is 1.61. The quantitative estimate of drug-likeness (QED) is 0.861. The van der Waals surface area contributed by atoms with Gasteiger partial charge < -0.3 is 10.2 Å². The van der Waals surface area contributed by atoms with E-state index in [1.807, 2.05) is 4.90 Å². The Balaban J connectivity index is 1.60. The molecule has 0 spiro atoms. The highest BCUT2D eigenvalue weighted by molar-refractivity contribution is 7.15. The van der Waals surface area contributed by atoms with Crippen LogP contribution in [0, 0.1) is 11.8 Å². The largest absolute Gasteiger partial charge is 0.342 e. The number of carbonyl (C=O) groups excluding carboxylic acids is 2. The molecule has 0 bridgehead atoms. The molecule has 1 aliphatic heterocycles. The molecule has 1 fully saturated rings. The van der Waals surface area contributed by atoms with Gasteiger partial charge in [0, 0.05) is 24.4 Å². The fourth-order valence-electron chi connectivity index (χ4n) is 3.35. The summed E-state index contributed by atoms with van der Waals surface area (Å²) in [5.41, 5.74) is 1.16. The number of carbonyl (C=O) groups is 2. The second kappa shape index (κ2) is 6.99. The molecule has 0 radical (unpaired) electrons. The maximum atomic E-state index is 12.4. The Hall–Kier alpha value is -1.43. The Labute approximate surface area is 141 Å². The number of likely N-dealkylation sites (tertiary alicyclic amines) is 1. The van der Waals surface area contributed by atoms with Crippen molar-refractivity contribution in [3.05, 3.63) is 10.6 Å². The Morgan fingerprint density at radius 2 is 2.13 bits per heavy atom. The lowest BCUT2D eigenvalue weighted by atomic mass is 10.1. The molecule has 126 valence electrons. The number of hydrogen-bond donors (Lipinski definition) is 1. The normalized spacial score (nSPS) is 21.4. The predicted octanol–water partition coefficient (Wildman–Crippen LogP) is 2.86. The molecule has 6 heteroatoms. The van der Waals surface area contributed by atoms with Crippen LogP contribution in [-0.4, -0.2) is 34.8 Å². The summed E-state index contributed by atoms with van der Waals surface area (Å²) in [5, 5.41) is 3.65. The first-order valence-electron chi connectivity index (χ1n) is 8.60. The van der Waals surface area contributed by atoms with Crippen LogP contribution in [-0.2, 0) is 22.4 Å². The number of rotatable bonds is 4. The van der Waals surface area contributed by atoms with Crippen LogP contribution in [0.1, 0.15) is 50.1 Å². The van der Waals surface area contributed by atoms with E-state index >= 15 is 0 Å². The Kier molecular flexibility index (Phi) is 4.99. The highest BCUT2D eigenvalue weighted by Crippen LogP contribution is 2.30. The molecule has 1 aromatic rings. The summed E-state index contributed by atoms with van der Waals surface area (Å²) in [6.45, 7) is 5.44. The van der Waals surface area contributed by atoms with E-state index in [0.29, 0.717) is 24.0 Å². The second-order valence-corrected chi connectivity index (χ2v) is 8.12. The third-order valence-corrected chi connectivity index (χ3v) is 5.57. The minimum absolute atomic E-state index is 0.0616. The van der Waals surface area contributed by atoms with Gasteiger partial charge in [0.1, 0.15) is 0 Å². The van der Waals surface area contributed by atoms with E-state index < -0.39 is 0 Å². The SMILES string of the molecule is CC(C)CN1C[C@@H](C(=O)Nc2nc3c(s2)CCCCC3)CC1=O. The second-order valence-electron chi connectivity index (χ2n) is 7.03. The van der Waals surface area contributed by atoms with E-state index in [2.05, 4.69) is 24.1 Å². The van der Waals surface area contributed by atoms with Gasteiger partial charge in [0.15, 0.2) is 5.13 Å². The van der Waals surface area contributed by atoms with Crippen molar-refractivity contribution in [2.45, 2.75) is 52.4 Å². The van der Waals surface area contributed by atoms with Crippen LogP contribution in [0.25, 0.3) is 0 Å². The molecular formula is C17H25N3O2S. The fourth-order valence-corrected chi connectivity index (χ4v) is 4.41. The van der Waals surface area contributed by atoms with Crippen molar-refractivity contribution in [1.82, 2.24) is 9.88 Å². The zero-order chi connectivity index (χ0) is 16.4. The smallest absolute Gasteiger partial charge is 0.231 e. The van der Waals surface area contributed by atoms with Gasteiger partial charge in [-0.15, -0.1) is 11.3 Å². The number of anilines is 1. The van der Waals surface area contributed by atoms with Crippen molar-refractivity contribution < 1.29 is 9.59 Å². The van der Waals surface area contributed by atoms with Gasteiger partial charge in [-0.1, -0.05) is 20.3 Å². The van der Waals surface area contributed by atoms with Crippen LogP contribution >= 0.6 is 11.3 Å². The van der Waals surface area contributed by atoms with Crippen molar-refractivity contribution in [3.8, 4) is 0 Å². The Morgan fingerprint density at radius 3 is 2.91 bits per heavy atom. The van der Waals surface area contributed by atoms with Crippen molar-refractivity contribution in [2.75, 3.05) is 18.4 Å². The summed E-state index contributed by atoms with van der Waals surface area (Å²) in [4.78, 5) is 32.2. The van der Waals surface area contributed by atoms with E-state index in [-0.39, 0.29) is 17.7 Å². The van der Waals surface area contributed by atoms with E-state index in [4.69, 9.17) is 0 Å². The van der Waals surface area contributed by atoms with Crippen LogP contribution < -0.4 is 5.32 Å². The molecule has 2 heterocycles. The average Bonchev–Trinajstić information content (AvgIpc) is 2.95. The lowest BCUT2D eigenvalue weighted by Crippen LogP contribution is -2.31. The summed E-state index contributed by atoms with van der Waals surface area (Å²) < 4.78 is 0. The highest BCUT2D eigenvalue weighted by Gasteiger charge is 2.34. The van der Waals surface area contributed by atoms with E-state index in [0.717, 1.165) is 25.1 Å². The Bertz CT molecular complexity index is 573. The molecule has 2 amide bonds. The molecule has 0 saturated carbocycles. The standard InChI is InChI=1S/C17H25N3O2S/c1-11(2)9-20-10-12(8-15(20)21)16(22)19-17-18-13-6-4-3-5-7-14(13)23-17/h11-12H,3-10H2,1-2H3,(H,18,19,22)/t12-/m0/s1. The van der Waals surface area contributed by atoms with Gasteiger partial charge in [0.25, 0.3) is 0 Å². The van der Waals surface area contributed by atoms with Crippen LogP contribution in [0.3, 0.4) is 0 Å². The summed E-state index contributed by atoms with van der Waals surface area (Å²) in [6.07, 6.45) is 6.08. The summed E-state index contributed by atoms with van der Waals surface area (Å²) in [5.74, 6) is 0.211. The zero-order valence-corrected chi connectivity index (χ0v) is 14.7. The number of fused-ring (bicyclic) bond motifs is 1. The van der Waals surface area contributed by atoms with E-state index in [9.17, 15) is 9.59 Å². The molecule has 1 N–H and O–H groups in total. The lowest BCUT2D eigenvalue weighted by Gasteiger charge is -2.18. The van der Waals surface area contributed by atoms with Gasteiger partial charge in [-0.3, -0.25) is 9.59 Å². The monoisotopic (exact) mass is 335 g/mol. The number of hydrogen-bond acceptors (Lipinski definition) is 4. The maximum Gasteiger partial charge on any atom is 0.231 e. The van der Waals surface area contributed by atoms with Gasteiger partial charge in [-0.05, 0) is 31.6 Å². The Morgan fingerprint density at radius 1 is 1.35 bits per heavy atom. The molecular weight excluding hydrogens is 310 g/mol. The number of aryl methyl sites for hydroxylation is 2. The maximum absolute atomic E-state index is 12.4. The lowest BCUT2D eigenvalue weighted by molar-refractivity contribution is -0.128. The molecule has 3 rings (SSSR count). The summed E-state index contributed by atoms with van der Waals surface area (Å²) in [7, 11) is 0. The van der Waals surface area contributed by atoms with Crippen LogP contribution in [0.5, 0.6) is 0 Å². The van der Waals surface area contributed by atoms with Crippen LogP contribution in [0.2, 0.25) is 0 Å². The molecule has 0 aromatic carbocycles. The highest BCUT2D eigenvalue weighted by atomic mass is 32.1. The zero-order valence-electron chi connectivity index (χ0n) is 13.9. The van der Waals surface area contributed by atoms with Crippen molar-refractivity contribution in [1.29, 1.82) is 0 Å². The number of nitrogens with zero attached hydrogens (tertiary/aromatic N) is 2. The van der Waals surface area contributed by atoms with Gasteiger partial charge in [0.2, 0.25) is 11.8 Å². The van der Waals surface area contributed by atoms with Crippen LogP contribution in [0.15, 0.2) is 0 Å². The molecule has 1 aromatic heterocycles. The third kappa shape index (κ3) is 3.91.